The van der Waals surface area contributed by atoms with Gasteiger partial charge in [-0.25, -0.2) is 4.39 Å². The first-order valence-corrected chi connectivity index (χ1v) is 5.02. The third-order valence-corrected chi connectivity index (χ3v) is 2.63. The van der Waals surface area contributed by atoms with E-state index in [4.69, 9.17) is 9.63 Å². The number of halogens is 2. The number of nitrogens with zero attached hydrogens (tertiary/aromatic N) is 1. The molecule has 15 heavy (non-hydrogen) atoms. The highest BCUT2D eigenvalue weighted by atomic mass is 79.9. The summed E-state index contributed by atoms with van der Waals surface area (Å²) < 4.78 is 18.2. The van der Waals surface area contributed by atoms with Gasteiger partial charge in [0.15, 0.2) is 10.4 Å². The van der Waals surface area contributed by atoms with Crippen molar-refractivity contribution in [3.63, 3.8) is 0 Å². The lowest BCUT2D eigenvalue weighted by atomic mass is 10.1. The molecule has 5 heteroatoms. The van der Waals surface area contributed by atoms with E-state index in [1.165, 1.54) is 12.1 Å². The number of rotatable bonds is 2. The summed E-state index contributed by atoms with van der Waals surface area (Å²) in [5, 5.41) is 12.8. The van der Waals surface area contributed by atoms with Crippen LogP contribution in [-0.4, -0.2) is 10.3 Å². The van der Waals surface area contributed by atoms with Gasteiger partial charge in [0.05, 0.1) is 12.2 Å². The lowest BCUT2D eigenvalue weighted by molar-refractivity contribution is 0.281. The van der Waals surface area contributed by atoms with Crippen molar-refractivity contribution in [2.24, 2.45) is 0 Å². The van der Waals surface area contributed by atoms with Crippen LogP contribution in [0.1, 0.15) is 5.56 Å². The SMILES string of the molecule is OCc1c(Br)noc1-c1ccc(F)cc1. The van der Waals surface area contributed by atoms with Gasteiger partial charge in [0, 0.05) is 5.56 Å². The largest absolute Gasteiger partial charge is 0.391 e. The molecule has 0 saturated heterocycles. The van der Waals surface area contributed by atoms with Crippen molar-refractivity contribution < 1.29 is 14.0 Å². The second kappa shape index (κ2) is 4.12. The van der Waals surface area contributed by atoms with Gasteiger partial charge in [0.25, 0.3) is 0 Å². The molecule has 2 rings (SSSR count). The molecule has 0 atom stereocenters. The average molecular weight is 272 g/mol. The van der Waals surface area contributed by atoms with Gasteiger partial charge in [0.1, 0.15) is 5.82 Å². The van der Waals surface area contributed by atoms with Crippen LogP contribution in [0.5, 0.6) is 0 Å². The summed E-state index contributed by atoms with van der Waals surface area (Å²) in [5.74, 6) is 0.132. The van der Waals surface area contributed by atoms with Crippen molar-refractivity contribution in [3.05, 3.63) is 40.2 Å². The zero-order valence-electron chi connectivity index (χ0n) is 7.58. The highest BCUT2D eigenvalue weighted by Crippen LogP contribution is 2.29. The first kappa shape index (κ1) is 10.3. The number of aliphatic hydroxyl groups excluding tert-OH is 1. The third kappa shape index (κ3) is 1.93. The number of aliphatic hydroxyl groups is 1. The Kier molecular flexibility index (Phi) is 2.83. The van der Waals surface area contributed by atoms with E-state index in [1.54, 1.807) is 12.1 Å². The average Bonchev–Trinajstić information content (AvgIpc) is 2.61. The second-order valence-electron chi connectivity index (χ2n) is 2.95. The molecule has 0 bridgehead atoms. The molecule has 1 aromatic carbocycles. The van der Waals surface area contributed by atoms with Crippen LogP contribution in [-0.2, 0) is 6.61 Å². The topological polar surface area (TPSA) is 46.3 Å². The highest BCUT2D eigenvalue weighted by molar-refractivity contribution is 9.10. The van der Waals surface area contributed by atoms with Crippen LogP contribution in [0.25, 0.3) is 11.3 Å². The van der Waals surface area contributed by atoms with Crippen molar-refractivity contribution in [2.75, 3.05) is 0 Å². The molecule has 0 aliphatic carbocycles. The van der Waals surface area contributed by atoms with Crippen LogP contribution < -0.4 is 0 Å². The van der Waals surface area contributed by atoms with E-state index < -0.39 is 0 Å². The fraction of sp³-hybridized carbons (Fsp3) is 0.100. The quantitative estimate of drug-likeness (QED) is 0.914. The molecule has 0 spiro atoms. The molecule has 0 radical (unpaired) electrons. The minimum Gasteiger partial charge on any atom is -0.391 e. The minimum atomic E-state index is -0.317. The molecule has 2 aromatic rings. The number of aromatic nitrogens is 1. The zero-order chi connectivity index (χ0) is 10.8. The van der Waals surface area contributed by atoms with Crippen LogP contribution in [0.2, 0.25) is 0 Å². The lowest BCUT2D eigenvalue weighted by Crippen LogP contribution is -1.85. The molecule has 0 fully saturated rings. The van der Waals surface area contributed by atoms with Gasteiger partial charge in [-0.1, -0.05) is 5.16 Å². The molecular weight excluding hydrogens is 265 g/mol. The van der Waals surface area contributed by atoms with Gasteiger partial charge >= 0.3 is 0 Å². The Morgan fingerprint density at radius 3 is 2.60 bits per heavy atom. The summed E-state index contributed by atoms with van der Waals surface area (Å²) in [4.78, 5) is 0. The van der Waals surface area contributed by atoms with E-state index in [2.05, 4.69) is 21.1 Å². The van der Waals surface area contributed by atoms with Crippen molar-refractivity contribution in [3.8, 4) is 11.3 Å². The number of hydrogen-bond acceptors (Lipinski definition) is 3. The Bertz CT molecular complexity index is 467. The summed E-state index contributed by atoms with van der Waals surface area (Å²) in [7, 11) is 0. The summed E-state index contributed by atoms with van der Waals surface area (Å²) in [6.07, 6.45) is 0. The maximum Gasteiger partial charge on any atom is 0.173 e. The molecule has 3 nitrogen and oxygen atoms in total. The smallest absolute Gasteiger partial charge is 0.173 e. The van der Waals surface area contributed by atoms with Crippen molar-refractivity contribution in [1.29, 1.82) is 0 Å². The summed E-state index contributed by atoms with van der Waals surface area (Å²) >= 11 is 3.15. The Balaban J connectivity index is 2.49. The van der Waals surface area contributed by atoms with Crippen LogP contribution >= 0.6 is 15.9 Å². The predicted molar refractivity (Wildman–Crippen MR) is 55.5 cm³/mol. The maximum atomic E-state index is 12.7. The van der Waals surface area contributed by atoms with E-state index in [1.807, 2.05) is 0 Å². The van der Waals surface area contributed by atoms with E-state index in [0.717, 1.165) is 0 Å². The summed E-state index contributed by atoms with van der Waals surface area (Å²) in [6, 6.07) is 5.79. The summed E-state index contributed by atoms with van der Waals surface area (Å²) in [5.41, 5.74) is 1.24. The van der Waals surface area contributed by atoms with E-state index >= 15 is 0 Å². The van der Waals surface area contributed by atoms with Crippen LogP contribution in [0.4, 0.5) is 4.39 Å². The third-order valence-electron chi connectivity index (χ3n) is 2.00. The molecule has 1 aromatic heterocycles. The second-order valence-corrected chi connectivity index (χ2v) is 3.70. The minimum absolute atomic E-state index is 0.184. The normalized spacial score (nSPS) is 10.6. The Hall–Kier alpha value is -1.20. The van der Waals surface area contributed by atoms with Crippen LogP contribution in [0, 0.1) is 5.82 Å². The van der Waals surface area contributed by atoms with Crippen LogP contribution in [0.3, 0.4) is 0 Å². The van der Waals surface area contributed by atoms with E-state index in [0.29, 0.717) is 21.5 Å². The number of benzene rings is 1. The van der Waals surface area contributed by atoms with Gasteiger partial charge < -0.3 is 9.63 Å². The van der Waals surface area contributed by atoms with Crippen molar-refractivity contribution in [2.45, 2.75) is 6.61 Å². The van der Waals surface area contributed by atoms with Gasteiger partial charge in [-0.2, -0.15) is 0 Å². The maximum absolute atomic E-state index is 12.7. The van der Waals surface area contributed by atoms with Crippen LogP contribution in [0.15, 0.2) is 33.4 Å². The molecule has 0 unspecified atom stereocenters. The number of hydrogen-bond donors (Lipinski definition) is 1. The zero-order valence-corrected chi connectivity index (χ0v) is 9.16. The van der Waals surface area contributed by atoms with Gasteiger partial charge in [-0.15, -0.1) is 0 Å². The summed E-state index contributed by atoms with van der Waals surface area (Å²) in [6.45, 7) is -0.184. The first-order chi connectivity index (χ1) is 7.22. The molecule has 1 heterocycles. The molecule has 0 aliphatic rings. The fourth-order valence-corrected chi connectivity index (χ4v) is 1.63. The molecule has 1 N–H and O–H groups in total. The molecular formula is C10H7BrFNO2. The highest BCUT2D eigenvalue weighted by Gasteiger charge is 2.14. The molecule has 78 valence electrons. The standard InChI is InChI=1S/C10H7BrFNO2/c11-10-8(5-14)9(15-13-10)6-1-3-7(12)4-2-6/h1-4,14H,5H2. The van der Waals surface area contributed by atoms with Crippen molar-refractivity contribution >= 4 is 15.9 Å². The van der Waals surface area contributed by atoms with E-state index in [9.17, 15) is 4.39 Å². The molecule has 0 aliphatic heterocycles. The first-order valence-electron chi connectivity index (χ1n) is 4.23. The Morgan fingerprint density at radius 1 is 1.33 bits per heavy atom. The molecule has 0 amide bonds. The fourth-order valence-electron chi connectivity index (χ4n) is 1.25. The van der Waals surface area contributed by atoms with Gasteiger partial charge in [-0.3, -0.25) is 0 Å². The van der Waals surface area contributed by atoms with Gasteiger partial charge in [-0.05, 0) is 40.2 Å². The lowest BCUT2D eigenvalue weighted by Gasteiger charge is -1.98. The monoisotopic (exact) mass is 271 g/mol. The Morgan fingerprint density at radius 2 is 2.00 bits per heavy atom. The van der Waals surface area contributed by atoms with E-state index in [-0.39, 0.29) is 12.4 Å². The van der Waals surface area contributed by atoms with Gasteiger partial charge in [0.2, 0.25) is 0 Å². The van der Waals surface area contributed by atoms with Crippen molar-refractivity contribution in [1.82, 2.24) is 5.16 Å². The molecule has 0 saturated carbocycles. The predicted octanol–water partition coefficient (Wildman–Crippen LogP) is 2.74. The Labute approximate surface area is 93.6 Å².